The van der Waals surface area contributed by atoms with Gasteiger partial charge in [-0.25, -0.2) is 0 Å². The van der Waals surface area contributed by atoms with Gasteiger partial charge in [0.15, 0.2) is 0 Å². The summed E-state index contributed by atoms with van der Waals surface area (Å²) < 4.78 is 5.56. The van der Waals surface area contributed by atoms with Crippen molar-refractivity contribution in [1.82, 2.24) is 5.32 Å². The molecule has 20 heavy (non-hydrogen) atoms. The van der Waals surface area contributed by atoms with Crippen molar-refractivity contribution in [2.24, 2.45) is 5.92 Å². The zero-order valence-corrected chi connectivity index (χ0v) is 13.0. The zero-order chi connectivity index (χ0) is 14.2. The van der Waals surface area contributed by atoms with E-state index in [1.165, 1.54) is 43.2 Å². The molecule has 1 N–H and O–H groups in total. The number of hydrogen-bond donors (Lipinski definition) is 1. The highest BCUT2D eigenvalue weighted by molar-refractivity contribution is 5.26. The number of hydrogen-bond acceptors (Lipinski definition) is 2. The molecule has 2 rings (SSSR count). The van der Waals surface area contributed by atoms with Crippen LogP contribution in [-0.4, -0.2) is 12.6 Å². The van der Waals surface area contributed by atoms with Crippen molar-refractivity contribution in [3.63, 3.8) is 0 Å². The number of benzene rings is 1. The molecule has 0 saturated heterocycles. The van der Waals surface area contributed by atoms with Gasteiger partial charge in [-0.2, -0.15) is 0 Å². The van der Waals surface area contributed by atoms with Crippen LogP contribution in [0.5, 0.6) is 0 Å². The normalized spacial score (nSPS) is 23.5. The van der Waals surface area contributed by atoms with Crippen LogP contribution in [0.15, 0.2) is 24.3 Å². The molecule has 2 atom stereocenters. The first-order chi connectivity index (χ1) is 9.79. The largest absolute Gasteiger partial charge is 0.377 e. The molecule has 0 aliphatic heterocycles. The predicted octanol–water partition coefficient (Wildman–Crippen LogP) is 4.28. The average Bonchev–Trinajstić information content (AvgIpc) is 2.68. The highest BCUT2D eigenvalue weighted by Gasteiger charge is 2.15. The lowest BCUT2D eigenvalue weighted by Gasteiger charge is -2.18. The van der Waals surface area contributed by atoms with Crippen molar-refractivity contribution in [3.05, 3.63) is 35.4 Å². The van der Waals surface area contributed by atoms with E-state index in [1.807, 2.05) is 6.92 Å². The third-order valence-electron chi connectivity index (χ3n) is 4.42. The van der Waals surface area contributed by atoms with E-state index in [4.69, 9.17) is 4.74 Å². The quantitative estimate of drug-likeness (QED) is 0.782. The van der Waals surface area contributed by atoms with E-state index >= 15 is 0 Å². The highest BCUT2D eigenvalue weighted by Crippen LogP contribution is 2.23. The van der Waals surface area contributed by atoms with E-state index in [9.17, 15) is 0 Å². The van der Waals surface area contributed by atoms with Crippen LogP contribution in [0.1, 0.15) is 57.1 Å². The SMILES string of the molecule is CCOCc1ccccc1CNC1CCCC(C)CC1. The van der Waals surface area contributed by atoms with Crippen LogP contribution in [0.3, 0.4) is 0 Å². The molecular weight excluding hydrogens is 246 g/mol. The maximum absolute atomic E-state index is 5.56. The Bertz CT molecular complexity index is 391. The fraction of sp³-hybridized carbons (Fsp3) is 0.667. The number of rotatable bonds is 6. The molecule has 0 aromatic heterocycles. The van der Waals surface area contributed by atoms with Crippen LogP contribution in [0.4, 0.5) is 0 Å². The molecule has 2 nitrogen and oxygen atoms in total. The summed E-state index contributed by atoms with van der Waals surface area (Å²) in [6.45, 7) is 6.92. The van der Waals surface area contributed by atoms with Crippen LogP contribution in [0, 0.1) is 5.92 Å². The Morgan fingerprint density at radius 3 is 2.70 bits per heavy atom. The van der Waals surface area contributed by atoms with Crippen LogP contribution < -0.4 is 5.32 Å². The Hall–Kier alpha value is -0.860. The second kappa shape index (κ2) is 8.43. The van der Waals surface area contributed by atoms with E-state index in [0.29, 0.717) is 6.04 Å². The lowest BCUT2D eigenvalue weighted by atomic mass is 10.0. The van der Waals surface area contributed by atoms with Gasteiger partial charge < -0.3 is 10.1 Å². The van der Waals surface area contributed by atoms with Gasteiger partial charge in [0, 0.05) is 19.2 Å². The van der Waals surface area contributed by atoms with Crippen molar-refractivity contribution >= 4 is 0 Å². The second-order valence-corrected chi connectivity index (χ2v) is 6.10. The van der Waals surface area contributed by atoms with Crippen LogP contribution in [0.2, 0.25) is 0 Å². The molecule has 1 saturated carbocycles. The standard InChI is InChI=1S/C18H29NO/c1-3-20-14-17-9-5-4-8-16(17)13-19-18-10-6-7-15(2)11-12-18/h4-5,8-9,15,18-19H,3,6-7,10-14H2,1-2H3. The summed E-state index contributed by atoms with van der Waals surface area (Å²) in [5, 5.41) is 3.76. The summed E-state index contributed by atoms with van der Waals surface area (Å²) in [7, 11) is 0. The summed E-state index contributed by atoms with van der Waals surface area (Å²) in [6, 6.07) is 9.33. The van der Waals surface area contributed by atoms with E-state index in [0.717, 1.165) is 25.7 Å². The molecule has 0 bridgehead atoms. The van der Waals surface area contributed by atoms with Gasteiger partial charge in [0.2, 0.25) is 0 Å². The summed E-state index contributed by atoms with van der Waals surface area (Å²) in [5.41, 5.74) is 2.71. The Kier molecular flexibility index (Phi) is 6.55. The number of nitrogens with one attached hydrogen (secondary N) is 1. The maximum Gasteiger partial charge on any atom is 0.0719 e. The molecule has 0 radical (unpaired) electrons. The molecule has 1 aliphatic carbocycles. The molecule has 0 amide bonds. The smallest absolute Gasteiger partial charge is 0.0719 e. The predicted molar refractivity (Wildman–Crippen MR) is 84.6 cm³/mol. The van der Waals surface area contributed by atoms with Gasteiger partial charge in [0.1, 0.15) is 0 Å². The minimum atomic E-state index is 0.695. The second-order valence-electron chi connectivity index (χ2n) is 6.10. The van der Waals surface area contributed by atoms with Crippen molar-refractivity contribution < 1.29 is 4.74 Å². The van der Waals surface area contributed by atoms with Crippen LogP contribution in [0.25, 0.3) is 0 Å². The Morgan fingerprint density at radius 2 is 1.90 bits per heavy atom. The first kappa shape index (κ1) is 15.5. The van der Waals surface area contributed by atoms with E-state index in [2.05, 4.69) is 36.5 Å². The van der Waals surface area contributed by atoms with E-state index < -0.39 is 0 Å². The molecule has 1 fully saturated rings. The minimum absolute atomic E-state index is 0.695. The average molecular weight is 275 g/mol. The highest BCUT2D eigenvalue weighted by atomic mass is 16.5. The van der Waals surface area contributed by atoms with Gasteiger partial charge in [-0.05, 0) is 43.2 Å². The van der Waals surface area contributed by atoms with Crippen molar-refractivity contribution in [2.75, 3.05) is 6.61 Å². The molecular formula is C18H29NO. The summed E-state index contributed by atoms with van der Waals surface area (Å²) >= 11 is 0. The zero-order valence-electron chi connectivity index (χ0n) is 13.0. The van der Waals surface area contributed by atoms with Crippen LogP contribution >= 0.6 is 0 Å². The van der Waals surface area contributed by atoms with Gasteiger partial charge >= 0.3 is 0 Å². The van der Waals surface area contributed by atoms with Gasteiger partial charge in [0.25, 0.3) is 0 Å². The van der Waals surface area contributed by atoms with E-state index in [-0.39, 0.29) is 0 Å². The third-order valence-corrected chi connectivity index (χ3v) is 4.42. The summed E-state index contributed by atoms with van der Waals surface area (Å²) in [6.07, 6.45) is 6.81. The minimum Gasteiger partial charge on any atom is -0.377 e. The Morgan fingerprint density at radius 1 is 1.10 bits per heavy atom. The van der Waals surface area contributed by atoms with Crippen molar-refractivity contribution in [2.45, 2.75) is 65.1 Å². The van der Waals surface area contributed by atoms with Crippen LogP contribution in [-0.2, 0) is 17.9 Å². The van der Waals surface area contributed by atoms with Gasteiger partial charge in [-0.3, -0.25) is 0 Å². The molecule has 2 unspecified atom stereocenters. The topological polar surface area (TPSA) is 21.3 Å². The Labute approximate surface area is 123 Å². The lowest BCUT2D eigenvalue weighted by molar-refractivity contribution is 0.133. The first-order valence-electron chi connectivity index (χ1n) is 8.17. The number of ether oxygens (including phenoxy) is 1. The van der Waals surface area contributed by atoms with Crippen molar-refractivity contribution in [3.8, 4) is 0 Å². The maximum atomic E-state index is 5.56. The van der Waals surface area contributed by atoms with Gasteiger partial charge in [0.05, 0.1) is 6.61 Å². The Balaban J connectivity index is 1.86. The molecule has 0 spiro atoms. The molecule has 112 valence electrons. The molecule has 1 aliphatic rings. The van der Waals surface area contributed by atoms with E-state index in [1.54, 1.807) is 0 Å². The lowest BCUT2D eigenvalue weighted by Crippen LogP contribution is -2.28. The monoisotopic (exact) mass is 275 g/mol. The summed E-state index contributed by atoms with van der Waals surface area (Å²) in [4.78, 5) is 0. The third kappa shape index (κ3) is 4.92. The fourth-order valence-electron chi connectivity index (χ4n) is 3.03. The van der Waals surface area contributed by atoms with Gasteiger partial charge in [-0.1, -0.05) is 44.0 Å². The molecule has 0 heterocycles. The first-order valence-corrected chi connectivity index (χ1v) is 8.17. The summed E-state index contributed by atoms with van der Waals surface area (Å²) in [5.74, 6) is 0.909. The van der Waals surface area contributed by atoms with Crippen molar-refractivity contribution in [1.29, 1.82) is 0 Å². The fourth-order valence-corrected chi connectivity index (χ4v) is 3.03. The molecule has 1 aromatic carbocycles. The molecule has 2 heteroatoms. The van der Waals surface area contributed by atoms with Gasteiger partial charge in [-0.15, -0.1) is 0 Å². The molecule has 1 aromatic rings.